The van der Waals surface area contributed by atoms with Crippen LogP contribution in [0, 0.1) is 0 Å². The van der Waals surface area contributed by atoms with E-state index < -0.39 is 0 Å². The second-order valence-corrected chi connectivity index (χ2v) is 4.18. The lowest BCUT2D eigenvalue weighted by atomic mass is 10.1. The molecule has 1 aromatic carbocycles. The monoisotopic (exact) mass is 282 g/mol. The van der Waals surface area contributed by atoms with Crippen molar-refractivity contribution in [2.24, 2.45) is 5.73 Å². The molecule has 1 fully saturated rings. The Morgan fingerprint density at radius 3 is 2.25 bits per heavy atom. The summed E-state index contributed by atoms with van der Waals surface area (Å²) >= 11 is 6.12. The van der Waals surface area contributed by atoms with Crippen LogP contribution in [-0.2, 0) is 0 Å². The van der Waals surface area contributed by atoms with Crippen molar-refractivity contribution in [3.05, 3.63) is 29.3 Å². The van der Waals surface area contributed by atoms with E-state index in [1.165, 1.54) is 0 Å². The zero-order valence-electron chi connectivity index (χ0n) is 8.93. The lowest BCUT2D eigenvalue weighted by Gasteiger charge is -2.32. The van der Waals surface area contributed by atoms with Crippen molar-refractivity contribution in [1.29, 1.82) is 0 Å². The molecule has 0 unspecified atom stereocenters. The van der Waals surface area contributed by atoms with Gasteiger partial charge in [0.1, 0.15) is 0 Å². The van der Waals surface area contributed by atoms with Gasteiger partial charge in [-0.2, -0.15) is 0 Å². The first kappa shape index (κ1) is 15.9. The van der Waals surface area contributed by atoms with Crippen LogP contribution in [0.2, 0.25) is 5.02 Å². The van der Waals surface area contributed by atoms with Crippen LogP contribution in [-0.4, -0.2) is 19.1 Å². The average Bonchev–Trinajstić information content (AvgIpc) is 2.20. The molecule has 1 aliphatic rings. The van der Waals surface area contributed by atoms with Crippen molar-refractivity contribution in [2.45, 2.75) is 18.9 Å². The van der Waals surface area contributed by atoms with Crippen molar-refractivity contribution < 1.29 is 0 Å². The lowest BCUT2D eigenvalue weighted by molar-refractivity contribution is 0.501. The van der Waals surface area contributed by atoms with E-state index in [1.807, 2.05) is 18.2 Å². The zero-order chi connectivity index (χ0) is 9.97. The highest BCUT2D eigenvalue weighted by Gasteiger charge is 2.17. The van der Waals surface area contributed by atoms with Crippen LogP contribution in [0.15, 0.2) is 24.3 Å². The Morgan fingerprint density at radius 1 is 1.12 bits per heavy atom. The van der Waals surface area contributed by atoms with Crippen LogP contribution in [0.4, 0.5) is 5.69 Å². The Morgan fingerprint density at radius 2 is 1.69 bits per heavy atom. The Labute approximate surface area is 114 Å². The molecule has 0 spiro atoms. The smallest absolute Gasteiger partial charge is 0.0639 e. The van der Waals surface area contributed by atoms with Crippen molar-refractivity contribution in [3.63, 3.8) is 0 Å². The molecule has 1 heterocycles. The molecule has 0 bridgehead atoms. The third kappa shape index (κ3) is 3.70. The topological polar surface area (TPSA) is 29.3 Å². The van der Waals surface area contributed by atoms with Crippen LogP contribution in [0.1, 0.15) is 12.8 Å². The second-order valence-electron chi connectivity index (χ2n) is 3.78. The minimum Gasteiger partial charge on any atom is -0.370 e. The van der Waals surface area contributed by atoms with E-state index >= 15 is 0 Å². The Hall–Kier alpha value is -0.150. The van der Waals surface area contributed by atoms with Gasteiger partial charge in [-0.25, -0.2) is 0 Å². The summed E-state index contributed by atoms with van der Waals surface area (Å²) in [4.78, 5) is 2.31. The van der Waals surface area contributed by atoms with Gasteiger partial charge in [-0.1, -0.05) is 23.7 Å². The second kappa shape index (κ2) is 7.23. The molecular weight excluding hydrogens is 266 g/mol. The van der Waals surface area contributed by atoms with E-state index in [-0.39, 0.29) is 24.8 Å². The molecule has 0 atom stereocenters. The van der Waals surface area contributed by atoms with E-state index in [2.05, 4.69) is 11.0 Å². The fraction of sp³-hybridized carbons (Fsp3) is 0.455. The van der Waals surface area contributed by atoms with Gasteiger partial charge in [0.2, 0.25) is 0 Å². The van der Waals surface area contributed by atoms with Gasteiger partial charge in [-0.15, -0.1) is 24.8 Å². The highest BCUT2D eigenvalue weighted by molar-refractivity contribution is 6.33. The lowest BCUT2D eigenvalue weighted by Crippen LogP contribution is -2.39. The number of hydrogen-bond acceptors (Lipinski definition) is 2. The van der Waals surface area contributed by atoms with E-state index in [0.717, 1.165) is 36.6 Å². The summed E-state index contributed by atoms with van der Waals surface area (Å²) in [5.74, 6) is 0. The Kier molecular flexibility index (Phi) is 7.16. The standard InChI is InChI=1S/C11H15ClN2.2ClH/c12-10-3-1-2-4-11(10)14-7-5-9(13)6-8-14;;/h1-4,9H,5-8,13H2;2*1H. The van der Waals surface area contributed by atoms with Crippen molar-refractivity contribution >= 4 is 42.1 Å². The molecule has 2 nitrogen and oxygen atoms in total. The minimum absolute atomic E-state index is 0. The average molecular weight is 284 g/mol. The number of benzene rings is 1. The maximum absolute atomic E-state index is 6.12. The third-order valence-corrected chi connectivity index (χ3v) is 3.05. The summed E-state index contributed by atoms with van der Waals surface area (Å²) in [5.41, 5.74) is 6.99. The number of halogens is 3. The van der Waals surface area contributed by atoms with Gasteiger partial charge in [-0.3, -0.25) is 0 Å². The first-order valence-electron chi connectivity index (χ1n) is 5.02. The molecule has 92 valence electrons. The van der Waals surface area contributed by atoms with Crippen molar-refractivity contribution in [3.8, 4) is 0 Å². The number of nitrogens with two attached hydrogens (primary N) is 1. The SMILES string of the molecule is Cl.Cl.NC1CCN(c2ccccc2Cl)CC1. The molecule has 1 aromatic rings. The Balaban J connectivity index is 0.00000112. The van der Waals surface area contributed by atoms with Crippen LogP contribution in [0.25, 0.3) is 0 Å². The van der Waals surface area contributed by atoms with Crippen molar-refractivity contribution in [1.82, 2.24) is 0 Å². The van der Waals surface area contributed by atoms with Crippen LogP contribution < -0.4 is 10.6 Å². The largest absolute Gasteiger partial charge is 0.370 e. The third-order valence-electron chi connectivity index (χ3n) is 2.73. The molecule has 0 saturated carbocycles. The highest BCUT2D eigenvalue weighted by atomic mass is 35.5. The van der Waals surface area contributed by atoms with Gasteiger partial charge in [0.25, 0.3) is 0 Å². The predicted molar refractivity (Wildman–Crippen MR) is 75.4 cm³/mol. The first-order valence-corrected chi connectivity index (χ1v) is 5.40. The molecular formula is C11H17Cl3N2. The molecule has 0 aromatic heterocycles. The number of piperidine rings is 1. The predicted octanol–water partition coefficient (Wildman–Crippen LogP) is 3.11. The molecule has 2 N–H and O–H groups in total. The molecule has 1 saturated heterocycles. The summed E-state index contributed by atoms with van der Waals surface area (Å²) in [6.07, 6.45) is 2.12. The zero-order valence-corrected chi connectivity index (χ0v) is 11.3. The van der Waals surface area contributed by atoms with Gasteiger partial charge in [0.15, 0.2) is 0 Å². The number of anilines is 1. The van der Waals surface area contributed by atoms with Crippen LogP contribution >= 0.6 is 36.4 Å². The fourth-order valence-corrected chi connectivity index (χ4v) is 2.10. The van der Waals surface area contributed by atoms with Gasteiger partial charge in [0, 0.05) is 19.1 Å². The molecule has 0 aliphatic carbocycles. The molecule has 2 rings (SSSR count). The highest BCUT2D eigenvalue weighted by Crippen LogP contribution is 2.27. The number of nitrogens with zero attached hydrogens (tertiary/aromatic N) is 1. The number of rotatable bonds is 1. The van der Waals surface area contributed by atoms with E-state index in [1.54, 1.807) is 0 Å². The maximum atomic E-state index is 6.12. The first-order chi connectivity index (χ1) is 6.77. The number of hydrogen-bond donors (Lipinski definition) is 1. The van der Waals surface area contributed by atoms with E-state index in [0.29, 0.717) is 6.04 Å². The fourth-order valence-electron chi connectivity index (χ4n) is 1.85. The van der Waals surface area contributed by atoms with Gasteiger partial charge in [0.05, 0.1) is 10.7 Å². The maximum Gasteiger partial charge on any atom is 0.0639 e. The summed E-state index contributed by atoms with van der Waals surface area (Å²) in [7, 11) is 0. The molecule has 1 aliphatic heterocycles. The van der Waals surface area contributed by atoms with E-state index in [9.17, 15) is 0 Å². The van der Waals surface area contributed by atoms with Crippen molar-refractivity contribution in [2.75, 3.05) is 18.0 Å². The van der Waals surface area contributed by atoms with Gasteiger partial charge >= 0.3 is 0 Å². The molecule has 0 amide bonds. The molecule has 5 heteroatoms. The normalized spacial score (nSPS) is 16.2. The summed E-state index contributed by atoms with van der Waals surface area (Å²) < 4.78 is 0. The summed E-state index contributed by atoms with van der Waals surface area (Å²) in [6, 6.07) is 8.36. The number of para-hydroxylation sites is 1. The van der Waals surface area contributed by atoms with E-state index in [4.69, 9.17) is 17.3 Å². The molecule has 0 radical (unpaired) electrons. The Bertz CT molecular complexity index is 312. The van der Waals surface area contributed by atoms with Gasteiger partial charge in [-0.05, 0) is 25.0 Å². The quantitative estimate of drug-likeness (QED) is 0.858. The summed E-state index contributed by atoms with van der Waals surface area (Å²) in [6.45, 7) is 2.04. The van der Waals surface area contributed by atoms with Gasteiger partial charge < -0.3 is 10.6 Å². The van der Waals surface area contributed by atoms with Crippen LogP contribution in [0.3, 0.4) is 0 Å². The minimum atomic E-state index is 0. The summed E-state index contributed by atoms with van der Waals surface area (Å²) in [5, 5.41) is 0.836. The van der Waals surface area contributed by atoms with Crippen LogP contribution in [0.5, 0.6) is 0 Å². The molecule has 16 heavy (non-hydrogen) atoms.